The number of furan rings is 1. The number of aryl methyl sites for hydroxylation is 1. The van der Waals surface area contributed by atoms with Gasteiger partial charge in [0.15, 0.2) is 5.76 Å². The van der Waals surface area contributed by atoms with Gasteiger partial charge in [-0.2, -0.15) is 0 Å². The summed E-state index contributed by atoms with van der Waals surface area (Å²) in [5.74, 6) is 1.02. The summed E-state index contributed by atoms with van der Waals surface area (Å²) in [5.41, 5.74) is 2.12. The number of aromatic nitrogens is 2. The van der Waals surface area contributed by atoms with Crippen LogP contribution in [0.15, 0.2) is 47.1 Å². The molecule has 3 aromatic rings. The second-order valence-corrected chi connectivity index (χ2v) is 10.6. The molecule has 0 aliphatic carbocycles. The molecule has 204 valence electrons. The molecule has 5 heteroatoms. The van der Waals surface area contributed by atoms with E-state index in [0.29, 0.717) is 5.76 Å². The van der Waals surface area contributed by atoms with E-state index in [0.717, 1.165) is 29.8 Å². The molecule has 1 N–H and O–H groups in total. The molecule has 0 aliphatic heterocycles. The zero-order chi connectivity index (χ0) is 26.1. The maximum Gasteiger partial charge on any atom is 0.287 e. The third kappa shape index (κ3) is 10.0. The van der Waals surface area contributed by atoms with Gasteiger partial charge in [-0.25, -0.2) is 4.98 Å². The second kappa shape index (κ2) is 17.0. The van der Waals surface area contributed by atoms with Gasteiger partial charge in [0.1, 0.15) is 5.82 Å². The third-order valence-corrected chi connectivity index (χ3v) is 7.40. The van der Waals surface area contributed by atoms with Gasteiger partial charge in [-0.15, -0.1) is 0 Å². The lowest BCUT2D eigenvalue weighted by atomic mass is 10.0. The van der Waals surface area contributed by atoms with E-state index < -0.39 is 0 Å². The van der Waals surface area contributed by atoms with E-state index >= 15 is 0 Å². The van der Waals surface area contributed by atoms with Gasteiger partial charge in [0.2, 0.25) is 0 Å². The van der Waals surface area contributed by atoms with Gasteiger partial charge in [0.25, 0.3) is 5.91 Å². The number of amides is 1. The Kier molecular flexibility index (Phi) is 13.4. The van der Waals surface area contributed by atoms with E-state index in [9.17, 15) is 4.79 Å². The van der Waals surface area contributed by atoms with E-state index in [-0.39, 0.29) is 11.9 Å². The van der Waals surface area contributed by atoms with Gasteiger partial charge in [-0.1, -0.05) is 115 Å². The standard InChI is InChI=1S/C32H49N3O2/c1-3-4-5-6-7-8-9-10-11-12-13-14-15-16-17-20-25-35-29-23-19-18-22-28(29)34-31(35)27(2)33-32(36)30-24-21-26-37-30/h18-19,21-24,26-27H,3-17,20,25H2,1-2H3,(H,33,36). The highest BCUT2D eigenvalue weighted by Gasteiger charge is 2.19. The summed E-state index contributed by atoms with van der Waals surface area (Å²) in [6.45, 7) is 5.20. The zero-order valence-electron chi connectivity index (χ0n) is 23.4. The number of imidazole rings is 1. The number of hydrogen-bond donors (Lipinski definition) is 1. The van der Waals surface area contributed by atoms with E-state index in [1.54, 1.807) is 12.1 Å². The van der Waals surface area contributed by atoms with Crippen LogP contribution in [0.2, 0.25) is 0 Å². The van der Waals surface area contributed by atoms with Crippen LogP contribution in [0.4, 0.5) is 0 Å². The van der Waals surface area contributed by atoms with Crippen LogP contribution in [-0.4, -0.2) is 15.5 Å². The fraction of sp³-hybridized carbons (Fsp3) is 0.625. The van der Waals surface area contributed by atoms with E-state index in [1.165, 1.54) is 103 Å². The van der Waals surface area contributed by atoms with Crippen molar-refractivity contribution in [2.24, 2.45) is 0 Å². The largest absolute Gasteiger partial charge is 0.459 e. The molecular weight excluding hydrogens is 458 g/mol. The lowest BCUT2D eigenvalue weighted by Crippen LogP contribution is -2.28. The molecule has 1 atom stereocenters. The van der Waals surface area contributed by atoms with Crippen LogP contribution in [0, 0.1) is 0 Å². The minimum Gasteiger partial charge on any atom is -0.459 e. The Morgan fingerprint density at radius 3 is 1.95 bits per heavy atom. The van der Waals surface area contributed by atoms with Crippen LogP contribution in [0.1, 0.15) is 139 Å². The van der Waals surface area contributed by atoms with Gasteiger partial charge in [-0.05, 0) is 37.6 Å². The van der Waals surface area contributed by atoms with Gasteiger partial charge in [0, 0.05) is 6.54 Å². The number of hydrogen-bond acceptors (Lipinski definition) is 3. The minimum absolute atomic E-state index is 0.203. The summed E-state index contributed by atoms with van der Waals surface area (Å²) in [4.78, 5) is 17.3. The zero-order valence-corrected chi connectivity index (χ0v) is 23.4. The van der Waals surface area contributed by atoms with Crippen LogP contribution < -0.4 is 5.32 Å². The van der Waals surface area contributed by atoms with Crippen molar-refractivity contribution in [3.63, 3.8) is 0 Å². The van der Waals surface area contributed by atoms with Gasteiger partial charge < -0.3 is 14.3 Å². The quantitative estimate of drug-likeness (QED) is 0.155. The Labute approximate surface area is 224 Å². The fourth-order valence-electron chi connectivity index (χ4n) is 5.22. The SMILES string of the molecule is CCCCCCCCCCCCCCCCCCn1c(C(C)NC(=O)c2ccco2)nc2ccccc21. The highest BCUT2D eigenvalue weighted by Crippen LogP contribution is 2.22. The topological polar surface area (TPSA) is 60.1 Å². The van der Waals surface area contributed by atoms with E-state index in [2.05, 4.69) is 28.9 Å². The first kappa shape index (κ1) is 29.0. The molecule has 0 aliphatic rings. The average Bonchev–Trinajstić information content (AvgIpc) is 3.57. The van der Waals surface area contributed by atoms with Crippen molar-refractivity contribution in [2.75, 3.05) is 0 Å². The number of para-hydroxylation sites is 2. The number of fused-ring (bicyclic) bond motifs is 1. The molecule has 2 heterocycles. The van der Waals surface area contributed by atoms with Crippen LogP contribution in [0.3, 0.4) is 0 Å². The summed E-state index contributed by atoms with van der Waals surface area (Å²) in [6, 6.07) is 11.5. The highest BCUT2D eigenvalue weighted by molar-refractivity contribution is 5.91. The lowest BCUT2D eigenvalue weighted by molar-refractivity contribution is 0.0909. The molecule has 1 amide bonds. The minimum atomic E-state index is -0.210. The average molecular weight is 508 g/mol. The predicted molar refractivity (Wildman–Crippen MR) is 154 cm³/mol. The molecule has 0 spiro atoms. The molecule has 0 saturated heterocycles. The summed E-state index contributed by atoms with van der Waals surface area (Å²) in [7, 11) is 0. The molecule has 3 rings (SSSR count). The van der Waals surface area contributed by atoms with Crippen LogP contribution >= 0.6 is 0 Å². The highest BCUT2D eigenvalue weighted by atomic mass is 16.3. The molecule has 2 aromatic heterocycles. The summed E-state index contributed by atoms with van der Waals surface area (Å²) in [5, 5.41) is 3.04. The normalized spacial score (nSPS) is 12.3. The van der Waals surface area contributed by atoms with Crippen LogP contribution in [0.25, 0.3) is 11.0 Å². The molecule has 37 heavy (non-hydrogen) atoms. The first-order valence-corrected chi connectivity index (χ1v) is 15.0. The molecular formula is C32H49N3O2. The molecule has 1 unspecified atom stereocenters. The summed E-state index contributed by atoms with van der Waals surface area (Å²) in [6.07, 6.45) is 23.5. The monoisotopic (exact) mass is 507 g/mol. The van der Waals surface area contributed by atoms with Crippen molar-refractivity contribution < 1.29 is 9.21 Å². The number of benzene rings is 1. The maximum atomic E-state index is 12.5. The smallest absolute Gasteiger partial charge is 0.287 e. The van der Waals surface area contributed by atoms with Crippen molar-refractivity contribution in [1.82, 2.24) is 14.9 Å². The van der Waals surface area contributed by atoms with Crippen LogP contribution in [0.5, 0.6) is 0 Å². The van der Waals surface area contributed by atoms with Crippen molar-refractivity contribution in [1.29, 1.82) is 0 Å². The van der Waals surface area contributed by atoms with Crippen molar-refractivity contribution in [3.8, 4) is 0 Å². The van der Waals surface area contributed by atoms with Crippen molar-refractivity contribution in [3.05, 3.63) is 54.2 Å². The predicted octanol–water partition coefficient (Wildman–Crippen LogP) is 9.38. The van der Waals surface area contributed by atoms with Gasteiger partial charge >= 0.3 is 0 Å². The van der Waals surface area contributed by atoms with E-state index in [4.69, 9.17) is 9.40 Å². The number of carbonyl (C=O) groups excluding carboxylic acids is 1. The number of nitrogens with zero attached hydrogens (tertiary/aromatic N) is 2. The second-order valence-electron chi connectivity index (χ2n) is 10.6. The number of rotatable bonds is 20. The Bertz CT molecular complexity index is 1010. The molecule has 5 nitrogen and oxygen atoms in total. The Hall–Kier alpha value is -2.56. The maximum absolute atomic E-state index is 12.5. The lowest BCUT2D eigenvalue weighted by Gasteiger charge is -2.16. The molecule has 0 bridgehead atoms. The molecule has 1 aromatic carbocycles. The number of carbonyl (C=O) groups is 1. The Balaban J connectivity index is 1.31. The number of unbranched alkanes of at least 4 members (excludes halogenated alkanes) is 15. The molecule has 0 fully saturated rings. The Morgan fingerprint density at radius 2 is 1.38 bits per heavy atom. The number of nitrogens with one attached hydrogen (secondary N) is 1. The van der Waals surface area contributed by atoms with Crippen molar-refractivity contribution >= 4 is 16.9 Å². The summed E-state index contributed by atoms with van der Waals surface area (Å²) >= 11 is 0. The van der Waals surface area contributed by atoms with Crippen LogP contribution in [-0.2, 0) is 6.54 Å². The summed E-state index contributed by atoms with van der Waals surface area (Å²) < 4.78 is 7.53. The Morgan fingerprint density at radius 1 is 0.811 bits per heavy atom. The third-order valence-electron chi connectivity index (χ3n) is 7.40. The fourth-order valence-corrected chi connectivity index (χ4v) is 5.22. The van der Waals surface area contributed by atoms with Crippen molar-refractivity contribution in [2.45, 2.75) is 129 Å². The van der Waals surface area contributed by atoms with Gasteiger partial charge in [-0.3, -0.25) is 4.79 Å². The van der Waals surface area contributed by atoms with E-state index in [1.807, 2.05) is 19.1 Å². The first-order chi connectivity index (χ1) is 18.2. The molecule has 0 saturated carbocycles. The first-order valence-electron chi connectivity index (χ1n) is 15.0. The van der Waals surface area contributed by atoms with Gasteiger partial charge in [0.05, 0.1) is 23.3 Å². The molecule has 0 radical (unpaired) electrons.